The minimum atomic E-state index is -0.575. The molecule has 2 aromatic heterocycles. The van der Waals surface area contributed by atoms with Crippen LogP contribution in [0.2, 0.25) is 10.0 Å². The van der Waals surface area contributed by atoms with Gasteiger partial charge in [0, 0.05) is 5.39 Å². The van der Waals surface area contributed by atoms with E-state index in [1.165, 1.54) is 6.07 Å². The van der Waals surface area contributed by atoms with Crippen LogP contribution in [-0.4, -0.2) is 28.5 Å². The molecule has 192 valence electrons. The summed E-state index contributed by atoms with van der Waals surface area (Å²) >= 11 is 12.2. The van der Waals surface area contributed by atoms with Crippen LogP contribution in [-0.2, 0) is 16.0 Å². The highest BCUT2D eigenvalue weighted by molar-refractivity contribution is 6.36. The van der Waals surface area contributed by atoms with Gasteiger partial charge in [0.05, 0.1) is 32.5 Å². The molecule has 38 heavy (non-hydrogen) atoms. The standard InChI is InChI=1S/C30H25Cl2N3O3/c1-17-12-20(14-19-8-4-3-5-9-19)28-22(13-17)27(21-10-6-7-11-25(21)34-28)30(37)38-16-26(36)35-29-24(32)15-23(31)18(2)33-29/h3-11,14-15,17H,12-13,16H2,1-2H3,(H,33,35,36)/b20-14-. The summed E-state index contributed by atoms with van der Waals surface area (Å²) in [5, 5.41) is 3.87. The van der Waals surface area contributed by atoms with Gasteiger partial charge in [0.1, 0.15) is 0 Å². The maximum Gasteiger partial charge on any atom is 0.339 e. The lowest BCUT2D eigenvalue weighted by molar-refractivity contribution is -0.119. The molecule has 0 spiro atoms. The molecule has 0 saturated carbocycles. The van der Waals surface area contributed by atoms with Crippen LogP contribution in [0.3, 0.4) is 0 Å². The number of pyridine rings is 2. The van der Waals surface area contributed by atoms with Crippen molar-refractivity contribution in [1.29, 1.82) is 0 Å². The number of rotatable bonds is 5. The average molecular weight is 546 g/mol. The van der Waals surface area contributed by atoms with Crippen molar-refractivity contribution < 1.29 is 14.3 Å². The van der Waals surface area contributed by atoms with E-state index in [1.54, 1.807) is 6.92 Å². The maximum absolute atomic E-state index is 13.5. The van der Waals surface area contributed by atoms with Crippen molar-refractivity contribution in [1.82, 2.24) is 9.97 Å². The zero-order valence-corrected chi connectivity index (χ0v) is 22.4. The molecule has 1 N–H and O–H groups in total. The molecular formula is C30H25Cl2N3O3. The summed E-state index contributed by atoms with van der Waals surface area (Å²) in [5.74, 6) is -0.670. The summed E-state index contributed by atoms with van der Waals surface area (Å²) in [6.07, 6.45) is 3.65. The number of nitrogens with zero attached hydrogens (tertiary/aromatic N) is 2. The fourth-order valence-corrected chi connectivity index (χ4v) is 5.14. The second-order valence-corrected chi connectivity index (χ2v) is 10.2. The Labute approximate surface area is 230 Å². The van der Waals surface area contributed by atoms with E-state index in [4.69, 9.17) is 32.9 Å². The smallest absolute Gasteiger partial charge is 0.339 e. The molecule has 2 heterocycles. The molecule has 0 bridgehead atoms. The number of fused-ring (bicyclic) bond motifs is 2. The number of allylic oxidation sites excluding steroid dienone is 1. The lowest BCUT2D eigenvalue weighted by Gasteiger charge is -2.26. The second-order valence-electron chi connectivity index (χ2n) is 9.44. The van der Waals surface area contributed by atoms with Gasteiger partial charge >= 0.3 is 5.97 Å². The Morgan fingerprint density at radius 3 is 2.55 bits per heavy atom. The molecule has 1 aliphatic carbocycles. The van der Waals surface area contributed by atoms with Crippen molar-refractivity contribution in [3.8, 4) is 0 Å². The Balaban J connectivity index is 1.47. The van der Waals surface area contributed by atoms with Crippen LogP contribution in [0.1, 0.15) is 46.2 Å². The summed E-state index contributed by atoms with van der Waals surface area (Å²) in [6, 6.07) is 19.1. The number of carbonyl (C=O) groups is 2. The number of carbonyl (C=O) groups excluding carboxylic acids is 2. The molecule has 0 aliphatic heterocycles. The van der Waals surface area contributed by atoms with Gasteiger partial charge in [-0.3, -0.25) is 4.79 Å². The quantitative estimate of drug-likeness (QED) is 0.269. The number of nitrogens with one attached hydrogen (secondary N) is 1. The second kappa shape index (κ2) is 10.9. The van der Waals surface area contributed by atoms with E-state index in [0.717, 1.165) is 28.8 Å². The molecule has 1 atom stereocenters. The van der Waals surface area contributed by atoms with Gasteiger partial charge in [-0.05, 0) is 60.6 Å². The summed E-state index contributed by atoms with van der Waals surface area (Å²) in [7, 11) is 0. The monoisotopic (exact) mass is 545 g/mol. The van der Waals surface area contributed by atoms with Crippen LogP contribution in [0.4, 0.5) is 5.82 Å². The van der Waals surface area contributed by atoms with Crippen LogP contribution < -0.4 is 5.32 Å². The van der Waals surface area contributed by atoms with Crippen molar-refractivity contribution in [2.45, 2.75) is 26.7 Å². The molecular weight excluding hydrogens is 521 g/mol. The van der Waals surface area contributed by atoms with E-state index in [-0.39, 0.29) is 10.8 Å². The first kappa shape index (κ1) is 25.9. The number of halogens is 2. The van der Waals surface area contributed by atoms with Crippen molar-refractivity contribution >= 4 is 63.4 Å². The molecule has 2 aromatic carbocycles. The van der Waals surface area contributed by atoms with Crippen molar-refractivity contribution in [3.63, 3.8) is 0 Å². The number of amides is 1. The van der Waals surface area contributed by atoms with Crippen molar-refractivity contribution in [2.75, 3.05) is 11.9 Å². The number of esters is 1. The number of hydrogen-bond acceptors (Lipinski definition) is 5. The van der Waals surface area contributed by atoms with Gasteiger partial charge in [-0.1, -0.05) is 78.7 Å². The fraction of sp³-hybridized carbons (Fsp3) is 0.200. The summed E-state index contributed by atoms with van der Waals surface area (Å²) in [4.78, 5) is 35.3. The molecule has 0 fully saturated rings. The topological polar surface area (TPSA) is 81.2 Å². The third-order valence-corrected chi connectivity index (χ3v) is 7.13. The Kier molecular flexibility index (Phi) is 7.45. The number of aryl methyl sites for hydroxylation is 1. The Morgan fingerprint density at radius 2 is 1.76 bits per heavy atom. The highest BCUT2D eigenvalue weighted by Gasteiger charge is 2.29. The van der Waals surface area contributed by atoms with Crippen molar-refractivity contribution in [3.05, 3.63) is 98.8 Å². The number of para-hydroxylation sites is 1. The lowest BCUT2D eigenvalue weighted by atomic mass is 9.80. The molecule has 4 aromatic rings. The highest BCUT2D eigenvalue weighted by atomic mass is 35.5. The summed E-state index contributed by atoms with van der Waals surface area (Å²) < 4.78 is 5.52. The molecule has 6 nitrogen and oxygen atoms in total. The van der Waals surface area contributed by atoms with Gasteiger partial charge in [0.2, 0.25) is 0 Å². The normalized spacial score (nSPS) is 15.8. The first-order chi connectivity index (χ1) is 18.3. The van der Waals surface area contributed by atoms with Crippen LogP contribution in [0.25, 0.3) is 22.6 Å². The van der Waals surface area contributed by atoms with E-state index in [0.29, 0.717) is 39.5 Å². The number of anilines is 1. The molecule has 0 radical (unpaired) electrons. The SMILES string of the molecule is Cc1nc(NC(=O)COC(=O)c2c3c(nc4ccccc24)/C(=C\c2ccccc2)CC(C)C3)c(Cl)cc1Cl. The molecule has 8 heteroatoms. The number of aromatic nitrogens is 2. The van der Waals surface area contributed by atoms with Gasteiger partial charge in [-0.15, -0.1) is 0 Å². The van der Waals surface area contributed by atoms with Crippen LogP contribution in [0, 0.1) is 12.8 Å². The number of hydrogen-bond donors (Lipinski definition) is 1. The van der Waals surface area contributed by atoms with E-state index in [2.05, 4.69) is 23.3 Å². The van der Waals surface area contributed by atoms with Gasteiger partial charge < -0.3 is 10.1 Å². The maximum atomic E-state index is 13.5. The predicted molar refractivity (Wildman–Crippen MR) is 151 cm³/mol. The summed E-state index contributed by atoms with van der Waals surface area (Å²) in [6.45, 7) is 3.37. The lowest BCUT2D eigenvalue weighted by Crippen LogP contribution is -2.24. The molecule has 0 saturated heterocycles. The van der Waals surface area contributed by atoms with Crippen LogP contribution in [0.15, 0.2) is 60.7 Å². The van der Waals surface area contributed by atoms with Gasteiger partial charge in [-0.25, -0.2) is 14.8 Å². The molecule has 1 unspecified atom stereocenters. The Hall–Kier alpha value is -3.74. The molecule has 1 aliphatic rings. The van der Waals surface area contributed by atoms with E-state index in [1.807, 2.05) is 54.6 Å². The van der Waals surface area contributed by atoms with E-state index < -0.39 is 18.5 Å². The van der Waals surface area contributed by atoms with Gasteiger partial charge in [0.25, 0.3) is 5.91 Å². The van der Waals surface area contributed by atoms with Crippen LogP contribution in [0.5, 0.6) is 0 Å². The summed E-state index contributed by atoms with van der Waals surface area (Å²) in [5.41, 5.74) is 5.45. The van der Waals surface area contributed by atoms with Gasteiger partial charge in [-0.2, -0.15) is 0 Å². The minimum Gasteiger partial charge on any atom is -0.452 e. The largest absolute Gasteiger partial charge is 0.452 e. The molecule has 1 amide bonds. The van der Waals surface area contributed by atoms with Crippen molar-refractivity contribution in [2.24, 2.45) is 5.92 Å². The third-order valence-electron chi connectivity index (χ3n) is 6.46. The fourth-order valence-electron chi connectivity index (χ4n) is 4.74. The number of benzene rings is 2. The van der Waals surface area contributed by atoms with Gasteiger partial charge in [0.15, 0.2) is 12.4 Å². The zero-order valence-electron chi connectivity index (χ0n) is 20.9. The Morgan fingerprint density at radius 1 is 1.03 bits per heavy atom. The van der Waals surface area contributed by atoms with Crippen LogP contribution >= 0.6 is 23.2 Å². The first-order valence-corrected chi connectivity index (χ1v) is 13.0. The third kappa shape index (κ3) is 5.42. The van der Waals surface area contributed by atoms with E-state index in [9.17, 15) is 9.59 Å². The van der Waals surface area contributed by atoms with E-state index >= 15 is 0 Å². The zero-order chi connectivity index (χ0) is 26.8. The average Bonchev–Trinajstić information content (AvgIpc) is 2.90. The molecule has 5 rings (SSSR count). The predicted octanol–water partition coefficient (Wildman–Crippen LogP) is 7.16. The Bertz CT molecular complexity index is 1590. The first-order valence-electron chi connectivity index (χ1n) is 12.3. The highest BCUT2D eigenvalue weighted by Crippen LogP contribution is 2.38. The minimum absolute atomic E-state index is 0.158. The number of ether oxygens (including phenoxy) is 1.